The molecule has 3 rings (SSSR count). The lowest BCUT2D eigenvalue weighted by molar-refractivity contribution is -0.154. The minimum Gasteiger partial charge on any atom is -0.469 e. The first-order chi connectivity index (χ1) is 8.25. The molecule has 0 fully saturated rings. The summed E-state index contributed by atoms with van der Waals surface area (Å²) in [6, 6.07) is 8.44. The van der Waals surface area contributed by atoms with Gasteiger partial charge in [0.1, 0.15) is 0 Å². The van der Waals surface area contributed by atoms with Crippen molar-refractivity contribution in [3.8, 4) is 0 Å². The smallest absolute Gasteiger partial charge is 0.312 e. The number of hydrogen-bond acceptors (Lipinski definition) is 2. The Balaban J connectivity index is 2.09. The molecule has 2 heteroatoms. The van der Waals surface area contributed by atoms with Crippen molar-refractivity contribution >= 4 is 5.97 Å². The van der Waals surface area contributed by atoms with Crippen LogP contribution < -0.4 is 0 Å². The van der Waals surface area contributed by atoms with Crippen molar-refractivity contribution in [3.63, 3.8) is 0 Å². The summed E-state index contributed by atoms with van der Waals surface area (Å²) in [7, 11) is 1.49. The van der Waals surface area contributed by atoms with Crippen molar-refractivity contribution in [2.24, 2.45) is 5.41 Å². The molecule has 1 aromatic rings. The zero-order valence-corrected chi connectivity index (χ0v) is 9.98. The van der Waals surface area contributed by atoms with Crippen molar-refractivity contribution in [1.29, 1.82) is 0 Å². The van der Waals surface area contributed by atoms with Crippen molar-refractivity contribution < 1.29 is 9.53 Å². The first kappa shape index (κ1) is 10.6. The zero-order chi connectivity index (χ0) is 11.9. The highest BCUT2D eigenvalue weighted by atomic mass is 16.5. The topological polar surface area (TPSA) is 26.3 Å². The van der Waals surface area contributed by atoms with Gasteiger partial charge >= 0.3 is 5.97 Å². The van der Waals surface area contributed by atoms with E-state index in [9.17, 15) is 4.79 Å². The van der Waals surface area contributed by atoms with Gasteiger partial charge in [-0.2, -0.15) is 0 Å². The molecule has 17 heavy (non-hydrogen) atoms. The molecule has 0 amide bonds. The molecule has 0 aromatic heterocycles. The molecule has 2 unspecified atom stereocenters. The Labute approximate surface area is 101 Å². The quantitative estimate of drug-likeness (QED) is 0.545. The average molecular weight is 228 g/mol. The molecule has 0 heterocycles. The lowest BCUT2D eigenvalue weighted by Gasteiger charge is -2.41. The summed E-state index contributed by atoms with van der Waals surface area (Å²) < 4.78 is 5.01. The van der Waals surface area contributed by atoms with Gasteiger partial charge < -0.3 is 4.74 Å². The Bertz CT molecular complexity index is 489. The van der Waals surface area contributed by atoms with Crippen molar-refractivity contribution in [1.82, 2.24) is 0 Å². The highest BCUT2D eigenvalue weighted by Crippen LogP contribution is 2.48. The van der Waals surface area contributed by atoms with Gasteiger partial charge in [-0.05, 0) is 30.4 Å². The Hall–Kier alpha value is -1.57. The van der Waals surface area contributed by atoms with E-state index in [1.807, 2.05) is 0 Å². The van der Waals surface area contributed by atoms with Gasteiger partial charge in [-0.25, -0.2) is 0 Å². The normalized spacial score (nSPS) is 29.6. The number of rotatable bonds is 1. The highest BCUT2D eigenvalue weighted by molar-refractivity contribution is 5.78. The van der Waals surface area contributed by atoms with Crippen LogP contribution in [0.5, 0.6) is 0 Å². The largest absolute Gasteiger partial charge is 0.469 e. The van der Waals surface area contributed by atoms with Crippen LogP contribution in [0.15, 0.2) is 36.4 Å². The van der Waals surface area contributed by atoms with Crippen molar-refractivity contribution in [3.05, 3.63) is 47.5 Å². The molecule has 0 aliphatic heterocycles. The van der Waals surface area contributed by atoms with Crippen LogP contribution in [0, 0.1) is 5.41 Å². The third-order valence-corrected chi connectivity index (χ3v) is 4.09. The molecule has 2 aliphatic rings. The van der Waals surface area contributed by atoms with E-state index in [-0.39, 0.29) is 11.4 Å². The van der Waals surface area contributed by atoms with E-state index in [0.717, 1.165) is 19.3 Å². The molecule has 2 nitrogen and oxygen atoms in total. The van der Waals surface area contributed by atoms with E-state index >= 15 is 0 Å². The molecule has 0 saturated carbocycles. The SMILES string of the molecule is COC(=O)C12CC=CC(C1)c1ccccc1C2. The summed E-state index contributed by atoms with van der Waals surface area (Å²) in [5.74, 6) is 0.328. The summed E-state index contributed by atoms with van der Waals surface area (Å²) in [4.78, 5) is 12.1. The fraction of sp³-hybridized carbons (Fsp3) is 0.400. The van der Waals surface area contributed by atoms with Gasteiger partial charge in [-0.15, -0.1) is 0 Å². The molecule has 2 atom stereocenters. The first-order valence-corrected chi connectivity index (χ1v) is 6.08. The van der Waals surface area contributed by atoms with Gasteiger partial charge in [0, 0.05) is 5.92 Å². The molecular formula is C15H16O2. The molecule has 88 valence electrons. The maximum atomic E-state index is 12.1. The summed E-state index contributed by atoms with van der Waals surface area (Å²) in [6.45, 7) is 0. The summed E-state index contributed by atoms with van der Waals surface area (Å²) in [5.41, 5.74) is 2.36. The van der Waals surface area contributed by atoms with Gasteiger partial charge in [0.15, 0.2) is 0 Å². The zero-order valence-electron chi connectivity index (χ0n) is 9.98. The predicted molar refractivity (Wildman–Crippen MR) is 65.7 cm³/mol. The summed E-state index contributed by atoms with van der Waals surface area (Å²) >= 11 is 0. The number of hydrogen-bond donors (Lipinski definition) is 0. The number of fused-ring (bicyclic) bond motifs is 4. The van der Waals surface area contributed by atoms with Crippen LogP contribution in [0.1, 0.15) is 29.9 Å². The van der Waals surface area contributed by atoms with Gasteiger partial charge in [0.25, 0.3) is 0 Å². The third-order valence-electron chi connectivity index (χ3n) is 4.09. The van der Waals surface area contributed by atoms with E-state index in [4.69, 9.17) is 4.74 Å². The number of ether oxygens (including phenoxy) is 1. The molecule has 0 spiro atoms. The highest BCUT2D eigenvalue weighted by Gasteiger charge is 2.46. The number of esters is 1. The molecule has 1 aromatic carbocycles. The maximum Gasteiger partial charge on any atom is 0.312 e. The second-order valence-electron chi connectivity index (χ2n) is 5.09. The number of allylic oxidation sites excluding steroid dienone is 2. The van der Waals surface area contributed by atoms with Crippen molar-refractivity contribution in [2.75, 3.05) is 7.11 Å². The minimum atomic E-state index is -0.317. The molecule has 0 radical (unpaired) electrons. The Morgan fingerprint density at radius 2 is 2.24 bits per heavy atom. The molecular weight excluding hydrogens is 212 g/mol. The number of carbonyl (C=O) groups is 1. The van der Waals surface area contributed by atoms with E-state index in [2.05, 4.69) is 36.4 Å². The molecule has 0 saturated heterocycles. The van der Waals surface area contributed by atoms with Crippen LogP contribution in [0.4, 0.5) is 0 Å². The van der Waals surface area contributed by atoms with Crippen LogP contribution in [-0.2, 0) is 16.0 Å². The fourth-order valence-corrected chi connectivity index (χ4v) is 3.27. The van der Waals surface area contributed by atoms with Gasteiger partial charge in [0.2, 0.25) is 0 Å². The van der Waals surface area contributed by atoms with Gasteiger partial charge in [0.05, 0.1) is 12.5 Å². The Kier molecular flexibility index (Phi) is 2.32. The first-order valence-electron chi connectivity index (χ1n) is 6.08. The van der Waals surface area contributed by atoms with Gasteiger partial charge in [-0.1, -0.05) is 36.4 Å². The third kappa shape index (κ3) is 1.51. The van der Waals surface area contributed by atoms with E-state index in [0.29, 0.717) is 5.92 Å². The van der Waals surface area contributed by atoms with Crippen LogP contribution in [0.2, 0.25) is 0 Å². The monoisotopic (exact) mass is 228 g/mol. The molecule has 0 N–H and O–H groups in total. The van der Waals surface area contributed by atoms with Gasteiger partial charge in [-0.3, -0.25) is 4.79 Å². The number of benzene rings is 1. The van der Waals surface area contributed by atoms with E-state index in [1.165, 1.54) is 18.2 Å². The predicted octanol–water partition coefficient (Wildman–Crippen LogP) is 2.84. The summed E-state index contributed by atoms with van der Waals surface area (Å²) in [6.07, 6.45) is 6.90. The lowest BCUT2D eigenvalue weighted by atomic mass is 9.63. The second-order valence-corrected chi connectivity index (χ2v) is 5.09. The number of carbonyl (C=O) groups excluding carboxylic acids is 1. The average Bonchev–Trinajstić information content (AvgIpc) is 2.38. The molecule has 2 aliphatic carbocycles. The lowest BCUT2D eigenvalue weighted by Crippen LogP contribution is -2.40. The van der Waals surface area contributed by atoms with Crippen LogP contribution in [0.3, 0.4) is 0 Å². The van der Waals surface area contributed by atoms with Crippen LogP contribution in [0.25, 0.3) is 0 Å². The fourth-order valence-electron chi connectivity index (χ4n) is 3.27. The molecule has 2 bridgehead atoms. The Morgan fingerprint density at radius 3 is 3.06 bits per heavy atom. The Morgan fingerprint density at radius 1 is 1.41 bits per heavy atom. The minimum absolute atomic E-state index is 0.0543. The van der Waals surface area contributed by atoms with Crippen molar-refractivity contribution in [2.45, 2.75) is 25.2 Å². The number of methoxy groups -OCH3 is 1. The summed E-state index contributed by atoms with van der Waals surface area (Å²) in [5, 5.41) is 0. The van der Waals surface area contributed by atoms with Crippen LogP contribution >= 0.6 is 0 Å². The van der Waals surface area contributed by atoms with E-state index < -0.39 is 0 Å². The second kappa shape index (κ2) is 3.73. The van der Waals surface area contributed by atoms with E-state index in [1.54, 1.807) is 0 Å². The van der Waals surface area contributed by atoms with Crippen LogP contribution in [-0.4, -0.2) is 13.1 Å². The standard InChI is InChI=1S/C15H16O2/c1-17-14(16)15-8-4-6-12(10-15)13-7-3-2-5-11(13)9-15/h2-7,12H,8-10H2,1H3. The maximum absolute atomic E-state index is 12.1.